The molecule has 0 aliphatic carbocycles. The summed E-state index contributed by atoms with van der Waals surface area (Å²) in [5, 5.41) is 9.20. The molecule has 0 N–H and O–H groups in total. The van der Waals surface area contributed by atoms with Crippen molar-refractivity contribution in [1.82, 2.24) is 15.3 Å². The number of hydrogen-bond acceptors (Lipinski definition) is 8. The van der Waals surface area contributed by atoms with Crippen molar-refractivity contribution in [1.29, 1.82) is 0 Å². The number of carbonyl (C=O) groups excluding carboxylic acids is 3. The van der Waals surface area contributed by atoms with Crippen LogP contribution in [0.3, 0.4) is 0 Å². The second-order valence-corrected chi connectivity index (χ2v) is 6.56. The number of furan rings is 1. The highest BCUT2D eigenvalue weighted by atomic mass is 16.7. The van der Waals surface area contributed by atoms with E-state index in [-0.39, 0.29) is 35.7 Å². The fourth-order valence-corrected chi connectivity index (χ4v) is 3.15. The Bertz CT molecular complexity index is 1240. The second kappa shape index (κ2) is 6.96. The summed E-state index contributed by atoms with van der Waals surface area (Å²) >= 11 is 0. The number of rotatable bonds is 5. The van der Waals surface area contributed by atoms with E-state index in [1.165, 1.54) is 12.1 Å². The first-order valence-corrected chi connectivity index (χ1v) is 9.10. The lowest BCUT2D eigenvalue weighted by atomic mass is 10.1. The molecule has 30 heavy (non-hydrogen) atoms. The maximum atomic E-state index is 12.2. The predicted octanol–water partition coefficient (Wildman–Crippen LogP) is 3.17. The van der Waals surface area contributed by atoms with Crippen molar-refractivity contribution in [3.05, 3.63) is 71.6 Å². The van der Waals surface area contributed by atoms with Crippen LogP contribution in [0.2, 0.25) is 0 Å². The van der Waals surface area contributed by atoms with E-state index in [0.717, 1.165) is 5.39 Å². The quantitative estimate of drug-likeness (QED) is 0.467. The Kier molecular flexibility index (Phi) is 4.13. The Labute approximate surface area is 168 Å². The van der Waals surface area contributed by atoms with Crippen LogP contribution in [0.4, 0.5) is 0 Å². The van der Waals surface area contributed by atoms with Gasteiger partial charge < -0.3 is 13.7 Å². The Hall–Kier alpha value is -4.27. The van der Waals surface area contributed by atoms with Crippen molar-refractivity contribution in [3.8, 4) is 11.7 Å². The molecule has 2 aromatic carbocycles. The summed E-state index contributed by atoms with van der Waals surface area (Å²) in [5.41, 5.74) is 1.09. The predicted molar refractivity (Wildman–Crippen MR) is 101 cm³/mol. The summed E-state index contributed by atoms with van der Waals surface area (Å²) in [6.45, 7) is 0. The average molecular weight is 403 g/mol. The first-order valence-electron chi connectivity index (χ1n) is 9.10. The lowest BCUT2D eigenvalue weighted by Gasteiger charge is -2.12. The van der Waals surface area contributed by atoms with Crippen LogP contribution in [0.1, 0.15) is 33.0 Å². The van der Waals surface area contributed by atoms with Crippen LogP contribution in [-0.4, -0.2) is 33.0 Å². The molecule has 0 saturated heterocycles. The molecule has 4 aromatic rings. The third-order valence-corrected chi connectivity index (χ3v) is 4.60. The Morgan fingerprint density at radius 1 is 0.933 bits per heavy atom. The summed E-state index contributed by atoms with van der Waals surface area (Å²) in [6.07, 6.45) is -0.0790. The number of benzene rings is 2. The van der Waals surface area contributed by atoms with Crippen molar-refractivity contribution >= 4 is 28.8 Å². The first-order chi connectivity index (χ1) is 14.6. The molecule has 3 heterocycles. The third kappa shape index (κ3) is 3.02. The third-order valence-electron chi connectivity index (χ3n) is 4.60. The zero-order valence-corrected chi connectivity index (χ0v) is 15.4. The molecule has 0 unspecified atom stereocenters. The minimum absolute atomic E-state index is 0.0786. The van der Waals surface area contributed by atoms with Gasteiger partial charge in [-0.05, 0) is 24.3 Å². The lowest BCUT2D eigenvalue weighted by molar-refractivity contribution is -0.168. The Morgan fingerprint density at radius 3 is 2.37 bits per heavy atom. The smallest absolute Gasteiger partial charge is 0.333 e. The molecule has 1 aliphatic rings. The molecule has 0 radical (unpaired) electrons. The van der Waals surface area contributed by atoms with Crippen LogP contribution >= 0.6 is 0 Å². The van der Waals surface area contributed by atoms with Gasteiger partial charge in [0.05, 0.1) is 17.5 Å². The molecule has 2 amide bonds. The standard InChI is InChI=1S/C21H13N3O6/c25-18(30-24-20(26)13-6-2-3-7-14(13)21(24)27)10-9-17-22-23-19(29-17)16-11-12-5-1-4-8-15(12)28-16/h1-8,11H,9-10H2. The summed E-state index contributed by atoms with van der Waals surface area (Å²) in [7, 11) is 0. The number of imide groups is 1. The summed E-state index contributed by atoms with van der Waals surface area (Å²) in [5.74, 6) is -1.31. The number of hydroxylamine groups is 2. The van der Waals surface area contributed by atoms with E-state index in [1.807, 2.05) is 24.3 Å². The van der Waals surface area contributed by atoms with E-state index in [4.69, 9.17) is 13.7 Å². The lowest BCUT2D eigenvalue weighted by Crippen LogP contribution is -2.32. The summed E-state index contributed by atoms with van der Waals surface area (Å²) in [4.78, 5) is 41.5. The van der Waals surface area contributed by atoms with E-state index in [2.05, 4.69) is 10.2 Å². The van der Waals surface area contributed by atoms with Gasteiger partial charge in [0.15, 0.2) is 5.76 Å². The molecule has 148 valence electrons. The van der Waals surface area contributed by atoms with Gasteiger partial charge in [0.2, 0.25) is 5.89 Å². The van der Waals surface area contributed by atoms with E-state index >= 15 is 0 Å². The van der Waals surface area contributed by atoms with Crippen LogP contribution < -0.4 is 0 Å². The molecule has 2 aromatic heterocycles. The van der Waals surface area contributed by atoms with Gasteiger partial charge in [0.1, 0.15) is 5.58 Å². The van der Waals surface area contributed by atoms with Gasteiger partial charge in [-0.25, -0.2) is 4.79 Å². The average Bonchev–Trinajstić information content (AvgIpc) is 3.46. The van der Waals surface area contributed by atoms with Crippen LogP contribution in [-0.2, 0) is 16.1 Å². The topological polar surface area (TPSA) is 116 Å². The highest BCUT2D eigenvalue weighted by molar-refractivity contribution is 6.20. The molecule has 9 heteroatoms. The molecular formula is C21H13N3O6. The number of amides is 2. The van der Waals surface area contributed by atoms with Crippen molar-refractivity contribution in [2.24, 2.45) is 0 Å². The second-order valence-electron chi connectivity index (χ2n) is 6.56. The molecule has 9 nitrogen and oxygen atoms in total. The molecule has 1 aliphatic heterocycles. The Balaban J connectivity index is 1.22. The monoisotopic (exact) mass is 403 g/mol. The molecule has 0 spiro atoms. The number of nitrogens with zero attached hydrogens (tertiary/aromatic N) is 3. The van der Waals surface area contributed by atoms with Crippen molar-refractivity contribution in [3.63, 3.8) is 0 Å². The zero-order chi connectivity index (χ0) is 20.7. The van der Waals surface area contributed by atoms with E-state index in [0.29, 0.717) is 16.4 Å². The maximum absolute atomic E-state index is 12.2. The van der Waals surface area contributed by atoms with Gasteiger partial charge >= 0.3 is 5.97 Å². The maximum Gasteiger partial charge on any atom is 0.333 e. The van der Waals surface area contributed by atoms with Crippen LogP contribution in [0.5, 0.6) is 0 Å². The molecular weight excluding hydrogens is 390 g/mol. The van der Waals surface area contributed by atoms with Gasteiger partial charge in [-0.2, -0.15) is 0 Å². The van der Waals surface area contributed by atoms with Crippen molar-refractivity contribution < 1.29 is 28.1 Å². The summed E-state index contributed by atoms with van der Waals surface area (Å²) in [6, 6.07) is 15.5. The number of fused-ring (bicyclic) bond motifs is 2. The van der Waals surface area contributed by atoms with Gasteiger partial charge in [0, 0.05) is 11.8 Å². The Morgan fingerprint density at radius 2 is 1.63 bits per heavy atom. The highest BCUT2D eigenvalue weighted by Gasteiger charge is 2.38. The van der Waals surface area contributed by atoms with Gasteiger partial charge in [0.25, 0.3) is 17.7 Å². The van der Waals surface area contributed by atoms with Crippen molar-refractivity contribution in [2.45, 2.75) is 12.8 Å². The van der Waals surface area contributed by atoms with E-state index < -0.39 is 17.8 Å². The van der Waals surface area contributed by atoms with E-state index in [1.54, 1.807) is 18.2 Å². The van der Waals surface area contributed by atoms with Crippen LogP contribution in [0, 0.1) is 0 Å². The normalized spacial score (nSPS) is 13.1. The number of carbonyl (C=O) groups is 3. The van der Waals surface area contributed by atoms with Gasteiger partial charge in [-0.1, -0.05) is 35.4 Å². The minimum Gasteiger partial charge on any atom is -0.451 e. The summed E-state index contributed by atoms with van der Waals surface area (Å²) < 4.78 is 11.2. The highest BCUT2D eigenvalue weighted by Crippen LogP contribution is 2.27. The van der Waals surface area contributed by atoms with Crippen LogP contribution in [0.15, 0.2) is 63.4 Å². The molecule has 5 rings (SSSR count). The number of para-hydroxylation sites is 1. The van der Waals surface area contributed by atoms with Gasteiger partial charge in [-0.15, -0.1) is 10.2 Å². The largest absolute Gasteiger partial charge is 0.451 e. The molecule has 0 saturated carbocycles. The first kappa shape index (κ1) is 17.8. The minimum atomic E-state index is -0.770. The van der Waals surface area contributed by atoms with Crippen LogP contribution in [0.25, 0.3) is 22.6 Å². The SMILES string of the molecule is O=C(CCc1nnc(-c2cc3ccccc3o2)o1)ON1C(=O)c2ccccc2C1=O. The molecule has 0 atom stereocenters. The number of aromatic nitrogens is 2. The fraction of sp³-hybridized carbons (Fsp3) is 0.0952. The van der Waals surface area contributed by atoms with Gasteiger partial charge in [-0.3, -0.25) is 9.59 Å². The number of hydrogen-bond donors (Lipinski definition) is 0. The number of aryl methyl sites for hydroxylation is 1. The fourth-order valence-electron chi connectivity index (χ4n) is 3.15. The van der Waals surface area contributed by atoms with E-state index in [9.17, 15) is 14.4 Å². The zero-order valence-electron chi connectivity index (χ0n) is 15.4. The van der Waals surface area contributed by atoms with Crippen molar-refractivity contribution in [2.75, 3.05) is 0 Å². The molecule has 0 bridgehead atoms. The molecule has 0 fully saturated rings.